The van der Waals surface area contributed by atoms with Gasteiger partial charge in [-0.2, -0.15) is 4.98 Å². The number of nitrogens with zero attached hydrogens (tertiary/aromatic N) is 2. The van der Waals surface area contributed by atoms with Gasteiger partial charge in [0.15, 0.2) is 5.82 Å². The Morgan fingerprint density at radius 1 is 1.24 bits per heavy atom. The predicted molar refractivity (Wildman–Crippen MR) is 64.4 cm³/mol. The molecule has 1 aromatic carbocycles. The molecule has 4 heteroatoms. The lowest BCUT2D eigenvalue weighted by Gasteiger charge is -2.07. The molecule has 0 amide bonds. The third-order valence-electron chi connectivity index (χ3n) is 2.31. The van der Waals surface area contributed by atoms with Gasteiger partial charge in [-0.05, 0) is 38.5 Å². The average molecular weight is 232 g/mol. The summed E-state index contributed by atoms with van der Waals surface area (Å²) < 4.78 is 10.6. The van der Waals surface area contributed by atoms with E-state index < -0.39 is 0 Å². The van der Waals surface area contributed by atoms with Gasteiger partial charge in [-0.25, -0.2) is 0 Å². The number of ether oxygens (including phenoxy) is 1. The minimum atomic E-state index is 0.244. The van der Waals surface area contributed by atoms with Gasteiger partial charge in [0, 0.05) is 5.56 Å². The molecule has 0 spiro atoms. The third kappa shape index (κ3) is 3.14. The van der Waals surface area contributed by atoms with Crippen LogP contribution in [-0.4, -0.2) is 16.2 Å². The van der Waals surface area contributed by atoms with E-state index >= 15 is 0 Å². The van der Waals surface area contributed by atoms with Gasteiger partial charge >= 0.3 is 0 Å². The minimum Gasteiger partial charge on any atom is -0.374 e. The molecular weight excluding hydrogens is 216 g/mol. The van der Waals surface area contributed by atoms with Crippen molar-refractivity contribution in [3.8, 4) is 11.5 Å². The van der Waals surface area contributed by atoms with E-state index in [1.165, 1.54) is 0 Å². The summed E-state index contributed by atoms with van der Waals surface area (Å²) in [5.74, 6) is 1.20. The molecule has 0 saturated heterocycles. The highest BCUT2D eigenvalue weighted by Gasteiger charge is 2.05. The lowest BCUT2D eigenvalue weighted by Crippen LogP contribution is -2.01. The van der Waals surface area contributed by atoms with E-state index in [1.807, 2.05) is 38.1 Å². The lowest BCUT2D eigenvalue weighted by molar-refractivity contribution is 0.0657. The molecule has 0 aliphatic heterocycles. The smallest absolute Gasteiger partial charge is 0.257 e. The van der Waals surface area contributed by atoms with Gasteiger partial charge < -0.3 is 9.26 Å². The Balaban J connectivity index is 2.07. The highest BCUT2D eigenvalue weighted by molar-refractivity contribution is 5.53. The topological polar surface area (TPSA) is 48.2 Å². The molecule has 2 aromatic rings. The highest BCUT2D eigenvalue weighted by atomic mass is 16.5. The van der Waals surface area contributed by atoms with Crippen molar-refractivity contribution in [1.82, 2.24) is 10.1 Å². The van der Waals surface area contributed by atoms with Crippen LogP contribution in [0.4, 0.5) is 0 Å². The first kappa shape index (κ1) is 11.8. The van der Waals surface area contributed by atoms with E-state index in [1.54, 1.807) is 6.92 Å². The maximum atomic E-state index is 5.53. The Morgan fingerprint density at radius 3 is 2.47 bits per heavy atom. The maximum absolute atomic E-state index is 5.53. The van der Waals surface area contributed by atoms with Crippen LogP contribution in [0.15, 0.2) is 28.8 Å². The zero-order valence-electron chi connectivity index (χ0n) is 10.3. The quantitative estimate of drug-likeness (QED) is 0.813. The van der Waals surface area contributed by atoms with E-state index in [0.717, 1.165) is 11.1 Å². The molecule has 2 rings (SSSR count). The minimum absolute atomic E-state index is 0.244. The van der Waals surface area contributed by atoms with E-state index in [-0.39, 0.29) is 6.10 Å². The van der Waals surface area contributed by atoms with E-state index in [0.29, 0.717) is 18.3 Å². The molecule has 0 N–H and O–H groups in total. The van der Waals surface area contributed by atoms with Crippen LogP contribution in [0.1, 0.15) is 25.2 Å². The summed E-state index contributed by atoms with van der Waals surface area (Å²) in [4.78, 5) is 4.18. The molecule has 0 bridgehead atoms. The summed E-state index contributed by atoms with van der Waals surface area (Å²) in [5, 5.41) is 3.76. The van der Waals surface area contributed by atoms with Gasteiger partial charge in [-0.15, -0.1) is 0 Å². The van der Waals surface area contributed by atoms with Crippen molar-refractivity contribution in [2.75, 3.05) is 0 Å². The number of hydrogen-bond donors (Lipinski definition) is 0. The fraction of sp³-hybridized carbons (Fsp3) is 0.385. The van der Waals surface area contributed by atoms with Crippen molar-refractivity contribution in [3.05, 3.63) is 35.7 Å². The van der Waals surface area contributed by atoms with Crippen LogP contribution < -0.4 is 0 Å². The fourth-order valence-electron chi connectivity index (χ4n) is 1.42. The summed E-state index contributed by atoms with van der Waals surface area (Å²) in [7, 11) is 0. The zero-order valence-corrected chi connectivity index (χ0v) is 10.3. The number of aromatic nitrogens is 2. The monoisotopic (exact) mass is 232 g/mol. The summed E-state index contributed by atoms with van der Waals surface area (Å²) in [6.45, 7) is 6.48. The Bertz CT molecular complexity index is 474. The van der Waals surface area contributed by atoms with Crippen molar-refractivity contribution in [1.29, 1.82) is 0 Å². The fourth-order valence-corrected chi connectivity index (χ4v) is 1.42. The molecule has 4 nitrogen and oxygen atoms in total. The first-order valence-electron chi connectivity index (χ1n) is 5.66. The standard InChI is InChI=1S/C13H16N2O2/c1-9(2)16-8-11-4-6-12(7-5-11)13-14-10(3)15-17-13/h4-7,9H,8H2,1-3H3. The Morgan fingerprint density at radius 2 is 1.94 bits per heavy atom. The second-order valence-electron chi connectivity index (χ2n) is 4.20. The number of benzene rings is 1. The van der Waals surface area contributed by atoms with Crippen LogP contribution in [0.3, 0.4) is 0 Å². The van der Waals surface area contributed by atoms with Gasteiger partial charge in [0.05, 0.1) is 12.7 Å². The van der Waals surface area contributed by atoms with E-state index in [9.17, 15) is 0 Å². The first-order valence-corrected chi connectivity index (χ1v) is 5.66. The van der Waals surface area contributed by atoms with Gasteiger partial charge in [0.25, 0.3) is 5.89 Å². The lowest BCUT2D eigenvalue weighted by atomic mass is 10.1. The molecule has 0 fully saturated rings. The Kier molecular flexibility index (Phi) is 3.54. The van der Waals surface area contributed by atoms with Crippen LogP contribution in [-0.2, 0) is 11.3 Å². The normalized spacial score (nSPS) is 11.1. The average Bonchev–Trinajstić information content (AvgIpc) is 2.74. The van der Waals surface area contributed by atoms with Gasteiger partial charge in [0.1, 0.15) is 0 Å². The molecular formula is C13H16N2O2. The van der Waals surface area contributed by atoms with Gasteiger partial charge in [-0.1, -0.05) is 17.3 Å². The molecule has 0 aliphatic rings. The molecule has 0 radical (unpaired) electrons. The van der Waals surface area contributed by atoms with E-state index in [4.69, 9.17) is 9.26 Å². The van der Waals surface area contributed by atoms with Crippen molar-refractivity contribution in [2.24, 2.45) is 0 Å². The number of rotatable bonds is 4. The molecule has 0 aliphatic carbocycles. The molecule has 1 aromatic heterocycles. The second kappa shape index (κ2) is 5.10. The summed E-state index contributed by atoms with van der Waals surface area (Å²) in [6.07, 6.45) is 0.244. The Labute approximate surface area is 101 Å². The summed E-state index contributed by atoms with van der Waals surface area (Å²) >= 11 is 0. The molecule has 90 valence electrons. The van der Waals surface area contributed by atoms with Crippen molar-refractivity contribution < 1.29 is 9.26 Å². The van der Waals surface area contributed by atoms with Crippen LogP contribution >= 0.6 is 0 Å². The molecule has 17 heavy (non-hydrogen) atoms. The largest absolute Gasteiger partial charge is 0.374 e. The number of aryl methyl sites for hydroxylation is 1. The van der Waals surface area contributed by atoms with Crippen molar-refractivity contribution in [2.45, 2.75) is 33.5 Å². The zero-order chi connectivity index (χ0) is 12.3. The second-order valence-corrected chi connectivity index (χ2v) is 4.20. The maximum Gasteiger partial charge on any atom is 0.257 e. The van der Waals surface area contributed by atoms with Crippen molar-refractivity contribution in [3.63, 3.8) is 0 Å². The molecule has 0 unspecified atom stereocenters. The van der Waals surface area contributed by atoms with E-state index in [2.05, 4.69) is 10.1 Å². The number of hydrogen-bond acceptors (Lipinski definition) is 4. The third-order valence-corrected chi connectivity index (χ3v) is 2.31. The predicted octanol–water partition coefficient (Wildman–Crippen LogP) is 2.97. The summed E-state index contributed by atoms with van der Waals surface area (Å²) in [5.41, 5.74) is 2.07. The van der Waals surface area contributed by atoms with Crippen LogP contribution in [0.2, 0.25) is 0 Å². The first-order chi connectivity index (χ1) is 8.15. The summed E-state index contributed by atoms with van der Waals surface area (Å²) in [6, 6.07) is 7.95. The molecule has 0 saturated carbocycles. The molecule has 0 atom stereocenters. The SMILES string of the molecule is Cc1noc(-c2ccc(COC(C)C)cc2)n1. The van der Waals surface area contributed by atoms with Crippen LogP contribution in [0.5, 0.6) is 0 Å². The van der Waals surface area contributed by atoms with Crippen LogP contribution in [0.25, 0.3) is 11.5 Å². The van der Waals surface area contributed by atoms with Gasteiger partial charge in [0.2, 0.25) is 0 Å². The van der Waals surface area contributed by atoms with Crippen LogP contribution in [0, 0.1) is 6.92 Å². The van der Waals surface area contributed by atoms with Crippen molar-refractivity contribution >= 4 is 0 Å². The molecule has 1 heterocycles. The van der Waals surface area contributed by atoms with Gasteiger partial charge in [-0.3, -0.25) is 0 Å². The highest BCUT2D eigenvalue weighted by Crippen LogP contribution is 2.18. The Hall–Kier alpha value is -1.68.